The number of nitrogens with one attached hydrogen (secondary N) is 1. The maximum Gasteiger partial charge on any atom is 0.286 e. The first-order valence-corrected chi connectivity index (χ1v) is 12.5. The van der Waals surface area contributed by atoms with Crippen LogP contribution in [0.15, 0.2) is 78.6 Å². The molecule has 0 fully saturated rings. The van der Waals surface area contributed by atoms with Crippen LogP contribution in [0.4, 0.5) is 4.39 Å². The molecule has 1 aliphatic heterocycles. The van der Waals surface area contributed by atoms with E-state index in [0.717, 1.165) is 12.0 Å². The Morgan fingerprint density at radius 3 is 2.67 bits per heavy atom. The highest BCUT2D eigenvalue weighted by Crippen LogP contribution is 2.42. The number of benzene rings is 3. The predicted molar refractivity (Wildman–Crippen MR) is 136 cm³/mol. The van der Waals surface area contributed by atoms with Crippen LogP contribution in [0.1, 0.15) is 47.4 Å². The van der Waals surface area contributed by atoms with Crippen LogP contribution in [0.2, 0.25) is 0 Å². The van der Waals surface area contributed by atoms with E-state index in [2.05, 4.69) is 47.8 Å². The first-order valence-electron chi connectivity index (χ1n) is 12.5. The van der Waals surface area contributed by atoms with Crippen molar-refractivity contribution in [3.05, 3.63) is 107 Å². The van der Waals surface area contributed by atoms with E-state index >= 15 is 0 Å². The molecule has 36 heavy (non-hydrogen) atoms. The summed E-state index contributed by atoms with van der Waals surface area (Å²) >= 11 is 0. The van der Waals surface area contributed by atoms with Crippen molar-refractivity contribution in [2.75, 3.05) is 13.2 Å². The Balaban J connectivity index is 1.38. The molecule has 186 valence electrons. The molecule has 0 aromatic heterocycles. The largest absolute Gasteiger partial charge is 0.459 e. The average molecular weight is 488 g/mol. The van der Waals surface area contributed by atoms with Gasteiger partial charge >= 0.3 is 0 Å². The van der Waals surface area contributed by atoms with Crippen LogP contribution in [-0.4, -0.2) is 30.5 Å². The van der Waals surface area contributed by atoms with E-state index in [4.69, 9.17) is 14.6 Å². The molecule has 0 spiro atoms. The molecule has 0 saturated carbocycles. The zero-order chi connectivity index (χ0) is 24.9. The molecule has 2 atom stereocenters. The summed E-state index contributed by atoms with van der Waals surface area (Å²) in [6, 6.07) is 20.9. The number of hydrogen-bond acceptors (Lipinski definition) is 4. The van der Waals surface area contributed by atoms with Gasteiger partial charge in [-0.3, -0.25) is 4.79 Å². The van der Waals surface area contributed by atoms with Gasteiger partial charge in [-0.25, -0.2) is 4.39 Å². The minimum atomic E-state index is -0.565. The van der Waals surface area contributed by atoms with Gasteiger partial charge in [0, 0.05) is 25.5 Å². The fraction of sp³-hybridized carbons (Fsp3) is 0.300. The Bertz CT molecular complexity index is 1250. The highest BCUT2D eigenvalue weighted by atomic mass is 19.1. The fourth-order valence-electron chi connectivity index (χ4n) is 4.96. The number of fused-ring (bicyclic) bond motifs is 3. The highest BCUT2D eigenvalue weighted by molar-refractivity contribution is 5.91. The topological polar surface area (TPSA) is 67.8 Å². The molecule has 3 aromatic carbocycles. The summed E-state index contributed by atoms with van der Waals surface area (Å²) in [5.74, 6) is -0.458. The molecular formula is C30H30FNO4. The molecule has 0 radical (unpaired) electrons. The lowest BCUT2D eigenvalue weighted by Crippen LogP contribution is -2.33. The fourth-order valence-corrected chi connectivity index (χ4v) is 4.96. The van der Waals surface area contributed by atoms with Gasteiger partial charge < -0.3 is 19.9 Å². The number of ether oxygens (including phenoxy) is 2. The van der Waals surface area contributed by atoms with Crippen molar-refractivity contribution in [3.63, 3.8) is 0 Å². The number of allylic oxidation sites excluding steroid dienone is 1. The van der Waals surface area contributed by atoms with Crippen LogP contribution in [0.3, 0.4) is 0 Å². The van der Waals surface area contributed by atoms with Gasteiger partial charge in [0.15, 0.2) is 5.76 Å². The molecule has 5 rings (SSSR count). The first-order chi connectivity index (χ1) is 17.6. The van der Waals surface area contributed by atoms with Crippen LogP contribution >= 0.6 is 0 Å². The van der Waals surface area contributed by atoms with Gasteiger partial charge in [0.2, 0.25) is 6.29 Å². The molecule has 1 amide bonds. The van der Waals surface area contributed by atoms with Gasteiger partial charge in [-0.15, -0.1) is 0 Å². The summed E-state index contributed by atoms with van der Waals surface area (Å²) in [4.78, 5) is 13.1. The molecule has 0 unspecified atom stereocenters. The first kappa shape index (κ1) is 24.2. The zero-order valence-electron chi connectivity index (χ0n) is 20.1. The van der Waals surface area contributed by atoms with Crippen LogP contribution in [0, 0.1) is 5.82 Å². The standard InChI is InChI=1S/C30H30FNO4/c31-23-12-10-20(11-13-23)19-32-30(34)28-17-22(18-29(36-28)35-15-4-3-14-33)25-8-5-9-26-24-7-2-1-6-21(24)16-27(25)26/h1-2,5-13,17,22,29,33H,3-4,14-16,18-19H2,(H,32,34)/t22-,29+/m0/s1. The molecule has 6 heteroatoms. The Labute approximate surface area is 210 Å². The number of hydrogen-bond donors (Lipinski definition) is 2. The Morgan fingerprint density at radius 1 is 1.03 bits per heavy atom. The van der Waals surface area contributed by atoms with E-state index in [1.54, 1.807) is 12.1 Å². The molecule has 5 nitrogen and oxygen atoms in total. The number of aliphatic hydroxyl groups is 1. The minimum Gasteiger partial charge on any atom is -0.459 e. The van der Waals surface area contributed by atoms with Crippen LogP contribution in [0.5, 0.6) is 0 Å². The van der Waals surface area contributed by atoms with Gasteiger partial charge in [-0.2, -0.15) is 0 Å². The van der Waals surface area contributed by atoms with E-state index in [0.29, 0.717) is 25.9 Å². The van der Waals surface area contributed by atoms with E-state index in [1.807, 2.05) is 6.08 Å². The molecule has 1 heterocycles. The zero-order valence-corrected chi connectivity index (χ0v) is 20.1. The Kier molecular flexibility index (Phi) is 7.44. The maximum absolute atomic E-state index is 13.2. The molecule has 2 N–H and O–H groups in total. The summed E-state index contributed by atoms with van der Waals surface area (Å²) in [5.41, 5.74) is 7.08. The van der Waals surface area contributed by atoms with E-state index < -0.39 is 6.29 Å². The molecule has 0 saturated heterocycles. The van der Waals surface area contributed by atoms with Crippen molar-refractivity contribution in [2.45, 2.75) is 44.4 Å². The quantitative estimate of drug-likeness (QED) is 0.318. The number of unbranched alkanes of at least 4 members (excludes halogenated alkanes) is 1. The van der Waals surface area contributed by atoms with Crippen molar-refractivity contribution >= 4 is 5.91 Å². The maximum atomic E-state index is 13.2. The average Bonchev–Trinajstić information content (AvgIpc) is 3.29. The third-order valence-electron chi connectivity index (χ3n) is 6.79. The van der Waals surface area contributed by atoms with Gasteiger partial charge in [0.25, 0.3) is 5.91 Å². The number of carbonyl (C=O) groups excluding carboxylic acids is 1. The van der Waals surface area contributed by atoms with Gasteiger partial charge in [0.1, 0.15) is 5.82 Å². The third kappa shape index (κ3) is 5.35. The molecular weight excluding hydrogens is 457 g/mol. The van der Waals surface area contributed by atoms with Gasteiger partial charge in [-0.1, -0.05) is 54.6 Å². The second kappa shape index (κ2) is 11.1. The number of carbonyl (C=O) groups is 1. The minimum absolute atomic E-state index is 0.0441. The summed E-state index contributed by atoms with van der Waals surface area (Å²) in [5, 5.41) is 12.0. The molecule has 1 aliphatic carbocycles. The molecule has 2 aliphatic rings. The summed E-state index contributed by atoms with van der Waals surface area (Å²) in [7, 11) is 0. The van der Waals surface area contributed by atoms with Crippen LogP contribution in [0.25, 0.3) is 11.1 Å². The smallest absolute Gasteiger partial charge is 0.286 e. The van der Waals surface area contributed by atoms with Crippen molar-refractivity contribution in [2.24, 2.45) is 0 Å². The lowest BCUT2D eigenvalue weighted by molar-refractivity contribution is -0.146. The number of aliphatic hydroxyl groups excluding tert-OH is 1. The normalized spacial score (nSPS) is 18.1. The SMILES string of the molecule is O=C(NCc1ccc(F)cc1)C1=C[C@H](c2cccc3c2Cc2ccccc2-3)C[C@H](OCCCCO)O1. The van der Waals surface area contributed by atoms with Crippen LogP contribution < -0.4 is 5.32 Å². The Morgan fingerprint density at radius 2 is 1.83 bits per heavy atom. The van der Waals surface area contributed by atoms with Crippen molar-refractivity contribution in [1.82, 2.24) is 5.32 Å². The molecule has 3 aromatic rings. The number of amides is 1. The van der Waals surface area contributed by atoms with Crippen LogP contribution in [-0.2, 0) is 27.2 Å². The van der Waals surface area contributed by atoms with Gasteiger partial charge in [-0.05, 0) is 70.9 Å². The number of halogens is 1. The van der Waals surface area contributed by atoms with E-state index in [1.165, 1.54) is 39.9 Å². The second-order valence-electron chi connectivity index (χ2n) is 9.24. The summed E-state index contributed by atoms with van der Waals surface area (Å²) in [6.45, 7) is 0.828. The van der Waals surface area contributed by atoms with Crippen molar-refractivity contribution < 1.29 is 23.8 Å². The lowest BCUT2D eigenvalue weighted by Gasteiger charge is -2.30. The second-order valence-corrected chi connectivity index (χ2v) is 9.24. The van der Waals surface area contributed by atoms with Gasteiger partial charge in [0.05, 0.1) is 6.61 Å². The lowest BCUT2D eigenvalue weighted by atomic mass is 9.87. The monoisotopic (exact) mass is 487 g/mol. The van der Waals surface area contributed by atoms with Crippen molar-refractivity contribution in [3.8, 4) is 11.1 Å². The highest BCUT2D eigenvalue weighted by Gasteiger charge is 2.31. The van der Waals surface area contributed by atoms with Crippen molar-refractivity contribution in [1.29, 1.82) is 0 Å². The summed E-state index contributed by atoms with van der Waals surface area (Å²) in [6.07, 6.45) is 4.16. The number of rotatable bonds is 9. The van der Waals surface area contributed by atoms with E-state index in [-0.39, 0.29) is 36.6 Å². The Hall–Kier alpha value is -3.48. The summed E-state index contributed by atoms with van der Waals surface area (Å²) < 4.78 is 25.2. The third-order valence-corrected chi connectivity index (χ3v) is 6.79. The predicted octanol–water partition coefficient (Wildman–Crippen LogP) is 5.22. The molecule has 0 bridgehead atoms. The van der Waals surface area contributed by atoms with E-state index in [9.17, 15) is 9.18 Å².